The van der Waals surface area contributed by atoms with Crippen LogP contribution in [0.2, 0.25) is 0 Å². The fraction of sp³-hybridized carbons (Fsp3) is 0.538. The highest BCUT2D eigenvalue weighted by atomic mass is 79.9. The number of sulfonamides is 1. The molecular weight excluding hydrogens is 385 g/mol. The zero-order valence-corrected chi connectivity index (χ0v) is 14.6. The summed E-state index contributed by atoms with van der Waals surface area (Å²) >= 11 is 8.88. The summed E-state index contributed by atoms with van der Waals surface area (Å²) in [5.74, 6) is -0.869. The van der Waals surface area contributed by atoms with Crippen LogP contribution in [-0.4, -0.2) is 39.0 Å². The van der Waals surface area contributed by atoms with Crippen LogP contribution in [0.15, 0.2) is 21.5 Å². The van der Waals surface area contributed by atoms with E-state index in [1.807, 2.05) is 0 Å². The Labute approximate surface area is 137 Å². The van der Waals surface area contributed by atoms with Crippen molar-refractivity contribution in [3.05, 3.63) is 28.0 Å². The molecule has 0 atom stereocenters. The van der Waals surface area contributed by atoms with E-state index in [2.05, 4.69) is 15.9 Å². The van der Waals surface area contributed by atoms with E-state index in [0.717, 1.165) is 12.8 Å². The van der Waals surface area contributed by atoms with Crippen molar-refractivity contribution in [2.24, 2.45) is 0 Å². The number of benzene rings is 1. The first-order chi connectivity index (χ1) is 9.91. The summed E-state index contributed by atoms with van der Waals surface area (Å²) in [6, 6.07) is 2.70. The van der Waals surface area contributed by atoms with Crippen LogP contribution < -0.4 is 0 Å². The average molecular weight is 401 g/mol. The number of ether oxygens (including phenoxy) is 1. The second-order valence-corrected chi connectivity index (χ2v) is 7.89. The van der Waals surface area contributed by atoms with Crippen molar-refractivity contribution >= 4 is 37.6 Å². The summed E-state index contributed by atoms with van der Waals surface area (Å²) in [5, 5.41) is 0. The van der Waals surface area contributed by atoms with Crippen LogP contribution in [0.1, 0.15) is 18.4 Å². The van der Waals surface area contributed by atoms with Crippen LogP contribution in [0.25, 0.3) is 0 Å². The zero-order chi connectivity index (χ0) is 15.6. The Kier molecular flexibility index (Phi) is 5.65. The average Bonchev–Trinajstić information content (AvgIpc) is 3.25. The predicted octanol–water partition coefficient (Wildman–Crippen LogP) is 3.13. The molecule has 0 bridgehead atoms. The van der Waals surface area contributed by atoms with Crippen molar-refractivity contribution in [1.82, 2.24) is 4.31 Å². The van der Waals surface area contributed by atoms with Gasteiger partial charge in [0.15, 0.2) is 0 Å². The maximum atomic E-state index is 14.4. The zero-order valence-electron chi connectivity index (χ0n) is 11.5. The fourth-order valence-electron chi connectivity index (χ4n) is 2.07. The maximum Gasteiger partial charge on any atom is 0.246 e. The number of alkyl halides is 1. The summed E-state index contributed by atoms with van der Waals surface area (Å²) < 4.78 is 46.6. The molecule has 0 N–H and O–H groups in total. The summed E-state index contributed by atoms with van der Waals surface area (Å²) in [4.78, 5) is -0.337. The van der Waals surface area contributed by atoms with E-state index in [4.69, 9.17) is 16.3 Å². The van der Waals surface area contributed by atoms with Crippen LogP contribution in [0.4, 0.5) is 4.39 Å². The van der Waals surface area contributed by atoms with E-state index in [0.29, 0.717) is 4.47 Å². The third-order valence-corrected chi connectivity index (χ3v) is 5.98. The van der Waals surface area contributed by atoms with Crippen LogP contribution in [0, 0.1) is 5.82 Å². The molecule has 1 aliphatic rings. The van der Waals surface area contributed by atoms with Crippen molar-refractivity contribution in [3.8, 4) is 0 Å². The van der Waals surface area contributed by atoms with Gasteiger partial charge < -0.3 is 4.74 Å². The Morgan fingerprint density at radius 3 is 2.67 bits per heavy atom. The van der Waals surface area contributed by atoms with E-state index in [-0.39, 0.29) is 35.5 Å². The lowest BCUT2D eigenvalue weighted by molar-refractivity contribution is 0.177. The van der Waals surface area contributed by atoms with Crippen LogP contribution >= 0.6 is 27.5 Å². The molecule has 0 saturated heterocycles. The van der Waals surface area contributed by atoms with Crippen molar-refractivity contribution in [2.75, 3.05) is 20.3 Å². The molecule has 0 spiro atoms. The first kappa shape index (κ1) is 17.1. The molecule has 0 radical (unpaired) electrons. The lowest BCUT2D eigenvalue weighted by atomic mass is 10.2. The highest BCUT2D eigenvalue weighted by Gasteiger charge is 2.39. The molecule has 1 fully saturated rings. The van der Waals surface area contributed by atoms with Gasteiger partial charge in [-0.1, -0.05) is 15.9 Å². The van der Waals surface area contributed by atoms with Crippen molar-refractivity contribution < 1.29 is 17.5 Å². The molecule has 0 heterocycles. The Bertz CT molecular complexity index is 622. The smallest absolute Gasteiger partial charge is 0.246 e. The van der Waals surface area contributed by atoms with E-state index in [9.17, 15) is 12.8 Å². The SMILES string of the molecule is COCCN(C1CC1)S(=O)(=O)c1cc(Br)cc(CCl)c1F. The minimum atomic E-state index is -3.91. The molecule has 1 aromatic rings. The molecule has 0 unspecified atom stereocenters. The summed E-state index contributed by atoms with van der Waals surface area (Å²) in [6.07, 6.45) is 1.59. The quantitative estimate of drug-likeness (QED) is 0.661. The monoisotopic (exact) mass is 399 g/mol. The number of nitrogens with zero attached hydrogens (tertiary/aromatic N) is 1. The number of hydrogen-bond acceptors (Lipinski definition) is 3. The van der Waals surface area contributed by atoms with Gasteiger partial charge in [0.1, 0.15) is 10.7 Å². The first-order valence-electron chi connectivity index (χ1n) is 6.46. The van der Waals surface area contributed by atoms with Gasteiger partial charge in [0.05, 0.1) is 12.5 Å². The Balaban J connectivity index is 2.44. The highest BCUT2D eigenvalue weighted by molar-refractivity contribution is 9.10. The maximum absolute atomic E-state index is 14.4. The summed E-state index contributed by atoms with van der Waals surface area (Å²) in [7, 11) is -2.40. The Hall–Kier alpha value is -0.210. The van der Waals surface area contributed by atoms with Gasteiger partial charge in [-0.25, -0.2) is 12.8 Å². The molecule has 118 valence electrons. The standard InChI is InChI=1S/C13H16BrClFNO3S/c1-20-5-4-17(11-2-3-11)21(18,19)12-7-10(14)6-9(8-15)13(12)16/h6-7,11H,2-5,8H2,1H3. The van der Waals surface area contributed by atoms with Gasteiger partial charge >= 0.3 is 0 Å². The first-order valence-corrected chi connectivity index (χ1v) is 9.23. The Morgan fingerprint density at radius 2 is 2.14 bits per heavy atom. The third kappa shape index (κ3) is 3.76. The molecule has 21 heavy (non-hydrogen) atoms. The van der Waals surface area contributed by atoms with Crippen molar-refractivity contribution in [1.29, 1.82) is 0 Å². The lowest BCUT2D eigenvalue weighted by Gasteiger charge is -2.22. The molecule has 1 aromatic carbocycles. The number of halogens is 3. The normalized spacial score (nSPS) is 15.7. The van der Waals surface area contributed by atoms with E-state index in [1.54, 1.807) is 0 Å². The van der Waals surface area contributed by atoms with Gasteiger partial charge in [-0.3, -0.25) is 0 Å². The number of hydrogen-bond donors (Lipinski definition) is 0. The molecule has 0 aromatic heterocycles. The summed E-state index contributed by atoms with van der Waals surface area (Å²) in [6.45, 7) is 0.485. The molecule has 0 amide bonds. The molecule has 4 nitrogen and oxygen atoms in total. The molecule has 2 rings (SSSR count). The highest BCUT2D eigenvalue weighted by Crippen LogP contribution is 2.34. The van der Waals surface area contributed by atoms with E-state index in [1.165, 1.54) is 23.5 Å². The van der Waals surface area contributed by atoms with Crippen LogP contribution in [0.3, 0.4) is 0 Å². The van der Waals surface area contributed by atoms with E-state index >= 15 is 0 Å². The van der Waals surface area contributed by atoms with Gasteiger partial charge in [0, 0.05) is 29.7 Å². The van der Waals surface area contributed by atoms with Crippen molar-refractivity contribution in [3.63, 3.8) is 0 Å². The lowest BCUT2D eigenvalue weighted by Crippen LogP contribution is -2.36. The molecular formula is C13H16BrClFNO3S. The number of rotatable bonds is 7. The van der Waals surface area contributed by atoms with Gasteiger partial charge in [-0.05, 0) is 25.0 Å². The fourth-order valence-corrected chi connectivity index (χ4v) is 4.73. The minimum Gasteiger partial charge on any atom is -0.383 e. The molecule has 8 heteroatoms. The van der Waals surface area contributed by atoms with Gasteiger partial charge in [-0.15, -0.1) is 11.6 Å². The summed E-state index contributed by atoms with van der Waals surface area (Å²) in [5.41, 5.74) is 0.159. The largest absolute Gasteiger partial charge is 0.383 e. The number of methoxy groups -OCH3 is 1. The second-order valence-electron chi connectivity index (χ2n) is 4.85. The third-order valence-electron chi connectivity index (χ3n) is 3.28. The minimum absolute atomic E-state index is 0.0667. The molecule has 1 saturated carbocycles. The van der Waals surface area contributed by atoms with Crippen LogP contribution in [0.5, 0.6) is 0 Å². The Morgan fingerprint density at radius 1 is 1.48 bits per heavy atom. The van der Waals surface area contributed by atoms with Gasteiger partial charge in [0.2, 0.25) is 10.0 Å². The molecule has 1 aliphatic carbocycles. The van der Waals surface area contributed by atoms with Crippen molar-refractivity contribution in [2.45, 2.75) is 29.7 Å². The molecule has 0 aliphatic heterocycles. The second kappa shape index (κ2) is 6.91. The van der Waals surface area contributed by atoms with Gasteiger partial charge in [-0.2, -0.15) is 4.31 Å². The predicted molar refractivity (Wildman–Crippen MR) is 82.4 cm³/mol. The van der Waals surface area contributed by atoms with Crippen LogP contribution in [-0.2, 0) is 20.6 Å². The topological polar surface area (TPSA) is 46.6 Å². The van der Waals surface area contributed by atoms with E-state index < -0.39 is 15.8 Å². The van der Waals surface area contributed by atoms with Gasteiger partial charge in [0.25, 0.3) is 0 Å².